The quantitative estimate of drug-likeness (QED) is 0.820. The number of carbonyl (C=O) groups is 1. The summed E-state index contributed by atoms with van der Waals surface area (Å²) in [5.74, 6) is -0.440. The van der Waals surface area contributed by atoms with Crippen molar-refractivity contribution in [1.82, 2.24) is 20.3 Å². The van der Waals surface area contributed by atoms with Crippen LogP contribution in [0.25, 0.3) is 10.9 Å². The molecular formula is C14H16N4O4S. The van der Waals surface area contributed by atoms with Crippen molar-refractivity contribution in [3.63, 3.8) is 0 Å². The van der Waals surface area contributed by atoms with Gasteiger partial charge in [-0.2, -0.15) is 4.68 Å². The summed E-state index contributed by atoms with van der Waals surface area (Å²) in [5.41, 5.74) is 0.0561. The first kappa shape index (κ1) is 15.6. The van der Waals surface area contributed by atoms with E-state index in [-0.39, 0.29) is 11.5 Å². The van der Waals surface area contributed by atoms with Gasteiger partial charge >= 0.3 is 0 Å². The van der Waals surface area contributed by atoms with Crippen molar-refractivity contribution in [2.45, 2.75) is 25.4 Å². The lowest BCUT2D eigenvalue weighted by Gasteiger charge is -2.16. The Hall–Kier alpha value is -2.29. The average Bonchev–Trinajstić information content (AvgIpc) is 2.86. The molecule has 2 heterocycles. The van der Waals surface area contributed by atoms with Gasteiger partial charge in [-0.05, 0) is 25.5 Å². The maximum atomic E-state index is 12.4. The molecule has 1 amide bonds. The van der Waals surface area contributed by atoms with Crippen LogP contribution in [-0.2, 0) is 14.6 Å². The highest BCUT2D eigenvalue weighted by molar-refractivity contribution is 7.91. The highest BCUT2D eigenvalue weighted by Crippen LogP contribution is 2.13. The molecule has 0 aliphatic carbocycles. The summed E-state index contributed by atoms with van der Waals surface area (Å²) in [7, 11) is -3.08. The Balaban J connectivity index is 1.83. The van der Waals surface area contributed by atoms with Crippen molar-refractivity contribution < 1.29 is 13.2 Å². The van der Waals surface area contributed by atoms with E-state index in [0.717, 1.165) is 4.68 Å². The van der Waals surface area contributed by atoms with Crippen LogP contribution in [0.5, 0.6) is 0 Å². The van der Waals surface area contributed by atoms with Crippen LogP contribution in [-0.4, -0.2) is 46.9 Å². The Morgan fingerprint density at radius 2 is 2.13 bits per heavy atom. The largest absolute Gasteiger partial charge is 0.350 e. The van der Waals surface area contributed by atoms with Gasteiger partial charge in [0.15, 0.2) is 9.84 Å². The van der Waals surface area contributed by atoms with Gasteiger partial charge in [-0.25, -0.2) is 8.42 Å². The second-order valence-electron chi connectivity index (χ2n) is 5.64. The third kappa shape index (κ3) is 3.09. The Morgan fingerprint density at radius 1 is 1.39 bits per heavy atom. The number of amides is 1. The van der Waals surface area contributed by atoms with Crippen molar-refractivity contribution in [2.24, 2.45) is 0 Å². The van der Waals surface area contributed by atoms with Gasteiger partial charge in [0.1, 0.15) is 11.6 Å². The summed E-state index contributed by atoms with van der Waals surface area (Å²) < 4.78 is 23.9. The minimum Gasteiger partial charge on any atom is -0.350 e. The lowest BCUT2D eigenvalue weighted by Crippen LogP contribution is -2.42. The van der Waals surface area contributed by atoms with E-state index in [9.17, 15) is 18.0 Å². The molecule has 9 heteroatoms. The summed E-state index contributed by atoms with van der Waals surface area (Å²) in [4.78, 5) is 24.7. The molecule has 1 saturated heterocycles. The molecule has 1 fully saturated rings. The van der Waals surface area contributed by atoms with Gasteiger partial charge in [0, 0.05) is 6.04 Å². The van der Waals surface area contributed by atoms with E-state index in [0.29, 0.717) is 17.3 Å². The molecule has 1 aromatic carbocycles. The van der Waals surface area contributed by atoms with Crippen molar-refractivity contribution in [3.05, 3.63) is 34.6 Å². The zero-order valence-corrected chi connectivity index (χ0v) is 13.3. The molecule has 8 nitrogen and oxygen atoms in total. The van der Waals surface area contributed by atoms with Gasteiger partial charge in [-0.3, -0.25) is 9.59 Å². The lowest BCUT2D eigenvalue weighted by atomic mass is 10.2. The van der Waals surface area contributed by atoms with Crippen LogP contribution in [0.3, 0.4) is 0 Å². The van der Waals surface area contributed by atoms with Crippen LogP contribution in [0.15, 0.2) is 29.1 Å². The minimum atomic E-state index is -3.08. The number of rotatable bonds is 3. The number of benzene rings is 1. The molecule has 0 radical (unpaired) electrons. The number of hydrogen-bond donors (Lipinski definition) is 1. The van der Waals surface area contributed by atoms with E-state index in [4.69, 9.17) is 0 Å². The molecule has 0 bridgehead atoms. The number of fused-ring (bicyclic) bond motifs is 1. The molecule has 122 valence electrons. The van der Waals surface area contributed by atoms with Gasteiger partial charge in [0.05, 0.1) is 16.9 Å². The zero-order chi connectivity index (χ0) is 16.6. The molecule has 0 spiro atoms. The number of hydrogen-bond acceptors (Lipinski definition) is 6. The van der Waals surface area contributed by atoms with Gasteiger partial charge in [-0.1, -0.05) is 17.3 Å². The maximum absolute atomic E-state index is 12.4. The number of sulfone groups is 1. The molecule has 0 unspecified atom stereocenters. The van der Waals surface area contributed by atoms with Crippen molar-refractivity contribution in [1.29, 1.82) is 0 Å². The molecular weight excluding hydrogens is 320 g/mol. The minimum absolute atomic E-state index is 0.0657. The molecule has 1 aliphatic heterocycles. The van der Waals surface area contributed by atoms with Gasteiger partial charge in [0.25, 0.3) is 5.56 Å². The number of carbonyl (C=O) groups excluding carboxylic acids is 1. The zero-order valence-electron chi connectivity index (χ0n) is 12.5. The van der Waals surface area contributed by atoms with E-state index < -0.39 is 33.4 Å². The Morgan fingerprint density at radius 3 is 2.83 bits per heavy atom. The number of nitrogens with one attached hydrogen (secondary N) is 1. The molecule has 2 aromatic rings. The van der Waals surface area contributed by atoms with E-state index in [1.165, 1.54) is 6.92 Å². The lowest BCUT2D eigenvalue weighted by molar-refractivity contribution is -0.124. The first-order chi connectivity index (χ1) is 10.9. The normalized spacial score (nSPS) is 21.2. The van der Waals surface area contributed by atoms with E-state index in [2.05, 4.69) is 15.6 Å². The fourth-order valence-corrected chi connectivity index (χ4v) is 4.27. The van der Waals surface area contributed by atoms with Crippen LogP contribution >= 0.6 is 0 Å². The Labute approximate surface area is 132 Å². The van der Waals surface area contributed by atoms with Gasteiger partial charge in [0.2, 0.25) is 5.91 Å². The molecule has 1 aliphatic rings. The highest BCUT2D eigenvalue weighted by Gasteiger charge is 2.30. The summed E-state index contributed by atoms with van der Waals surface area (Å²) in [6.07, 6.45) is 0.388. The topological polar surface area (TPSA) is 111 Å². The summed E-state index contributed by atoms with van der Waals surface area (Å²) in [6, 6.07) is 5.46. The van der Waals surface area contributed by atoms with Crippen molar-refractivity contribution in [3.8, 4) is 0 Å². The SMILES string of the molecule is C[C@@H](C(=O)N[C@@H]1CCS(=O)(=O)C1)n1nnc2ccccc2c1=O. The molecule has 3 rings (SSSR count). The van der Waals surface area contributed by atoms with Crippen molar-refractivity contribution in [2.75, 3.05) is 11.5 Å². The second-order valence-corrected chi connectivity index (χ2v) is 7.87. The van der Waals surface area contributed by atoms with Crippen LogP contribution in [0.4, 0.5) is 0 Å². The smallest absolute Gasteiger partial charge is 0.278 e. The molecule has 1 aromatic heterocycles. The fourth-order valence-electron chi connectivity index (χ4n) is 2.60. The number of aromatic nitrogens is 3. The average molecular weight is 336 g/mol. The molecule has 23 heavy (non-hydrogen) atoms. The first-order valence-electron chi connectivity index (χ1n) is 7.22. The maximum Gasteiger partial charge on any atom is 0.278 e. The number of nitrogens with zero attached hydrogens (tertiary/aromatic N) is 3. The highest BCUT2D eigenvalue weighted by atomic mass is 32.2. The monoisotopic (exact) mass is 336 g/mol. The Kier molecular flexibility index (Phi) is 3.88. The van der Waals surface area contributed by atoms with Crippen LogP contribution in [0, 0.1) is 0 Å². The van der Waals surface area contributed by atoms with Crippen LogP contribution in [0.2, 0.25) is 0 Å². The first-order valence-corrected chi connectivity index (χ1v) is 9.04. The standard InChI is InChI=1S/C14H16N4O4S/c1-9(13(19)15-10-6-7-23(21,22)8-10)18-14(20)11-4-2-3-5-12(11)16-17-18/h2-5,9-10H,6-8H2,1H3,(H,15,19)/t9-,10+/m0/s1. The Bertz CT molecular complexity index is 922. The summed E-state index contributed by atoms with van der Waals surface area (Å²) >= 11 is 0. The molecule has 0 saturated carbocycles. The third-order valence-corrected chi connectivity index (χ3v) is 5.68. The van der Waals surface area contributed by atoms with Crippen LogP contribution in [0.1, 0.15) is 19.4 Å². The fraction of sp³-hybridized carbons (Fsp3) is 0.429. The van der Waals surface area contributed by atoms with E-state index in [1.807, 2.05) is 0 Å². The summed E-state index contributed by atoms with van der Waals surface area (Å²) in [6.45, 7) is 1.53. The third-order valence-electron chi connectivity index (χ3n) is 3.92. The van der Waals surface area contributed by atoms with Gasteiger partial charge < -0.3 is 5.32 Å². The summed E-state index contributed by atoms with van der Waals surface area (Å²) in [5, 5.41) is 10.8. The van der Waals surface area contributed by atoms with Gasteiger partial charge in [-0.15, -0.1) is 5.10 Å². The van der Waals surface area contributed by atoms with Crippen molar-refractivity contribution >= 4 is 26.6 Å². The van der Waals surface area contributed by atoms with E-state index >= 15 is 0 Å². The molecule has 2 atom stereocenters. The molecule has 1 N–H and O–H groups in total. The predicted octanol–water partition coefficient (Wildman–Crippen LogP) is -0.344. The van der Waals surface area contributed by atoms with E-state index in [1.54, 1.807) is 24.3 Å². The predicted molar refractivity (Wildman–Crippen MR) is 83.7 cm³/mol. The second kappa shape index (κ2) is 5.73. The van der Waals surface area contributed by atoms with Crippen LogP contribution < -0.4 is 10.9 Å².